The van der Waals surface area contributed by atoms with Gasteiger partial charge in [0, 0.05) is 18.0 Å². The minimum atomic E-state index is -3.83. The van der Waals surface area contributed by atoms with Gasteiger partial charge in [0.15, 0.2) is 0 Å². The van der Waals surface area contributed by atoms with Crippen LogP contribution in [0.5, 0.6) is 0 Å². The minimum Gasteiger partial charge on any atom is -0.466 e. The second-order valence-electron chi connectivity index (χ2n) is 5.94. The second-order valence-corrected chi connectivity index (χ2v) is 7.86. The average Bonchev–Trinajstić information content (AvgIpc) is 3.11. The van der Waals surface area contributed by atoms with Crippen molar-refractivity contribution in [2.45, 2.75) is 52.5 Å². The number of carbonyl (C=O) groups excluding carboxylic acids is 1. The van der Waals surface area contributed by atoms with Crippen molar-refractivity contribution in [1.29, 1.82) is 0 Å². The van der Waals surface area contributed by atoms with E-state index in [-0.39, 0.29) is 25.6 Å². The molecular weight excluding hydrogens is 304 g/mol. The molecule has 0 aromatic heterocycles. The largest absolute Gasteiger partial charge is 0.466 e. The summed E-state index contributed by atoms with van der Waals surface area (Å²) < 4.78 is 56.4. The molecule has 1 rings (SSSR count). The molecule has 0 atom stereocenters. The zero-order chi connectivity index (χ0) is 16.3. The summed E-state index contributed by atoms with van der Waals surface area (Å²) in [4.78, 5) is 11.3. The number of nitrogens with zero attached hydrogens (tertiary/aromatic N) is 1. The summed E-state index contributed by atoms with van der Waals surface area (Å²) in [5, 5.41) is 0. The van der Waals surface area contributed by atoms with Gasteiger partial charge in [0.25, 0.3) is 0 Å². The number of alkyl halides is 2. The fraction of sp³-hybridized carbons (Fsp3) is 0.923. The zero-order valence-electron chi connectivity index (χ0n) is 12.6. The van der Waals surface area contributed by atoms with Crippen LogP contribution in [-0.2, 0) is 19.6 Å². The van der Waals surface area contributed by atoms with E-state index in [9.17, 15) is 22.0 Å². The Labute approximate surface area is 124 Å². The van der Waals surface area contributed by atoms with Crippen molar-refractivity contribution in [3.63, 3.8) is 0 Å². The van der Waals surface area contributed by atoms with Gasteiger partial charge in [0.2, 0.25) is 16.4 Å². The van der Waals surface area contributed by atoms with Crippen LogP contribution in [0.25, 0.3) is 0 Å². The van der Waals surface area contributed by atoms with Gasteiger partial charge in [0.1, 0.15) is 0 Å². The van der Waals surface area contributed by atoms with Crippen LogP contribution in [-0.4, -0.2) is 50.1 Å². The van der Waals surface area contributed by atoms with Gasteiger partial charge in [-0.2, -0.15) is 4.31 Å². The first kappa shape index (κ1) is 18.3. The van der Waals surface area contributed by atoms with E-state index >= 15 is 0 Å². The first-order valence-corrected chi connectivity index (χ1v) is 8.64. The van der Waals surface area contributed by atoms with E-state index in [0.29, 0.717) is 12.8 Å². The van der Waals surface area contributed by atoms with Gasteiger partial charge in [0.05, 0.1) is 18.8 Å². The van der Waals surface area contributed by atoms with Crippen LogP contribution >= 0.6 is 0 Å². The molecule has 124 valence electrons. The number of esters is 1. The van der Waals surface area contributed by atoms with Crippen LogP contribution in [0.4, 0.5) is 8.78 Å². The fourth-order valence-electron chi connectivity index (χ4n) is 1.96. The van der Waals surface area contributed by atoms with Gasteiger partial charge in [-0.25, -0.2) is 17.2 Å². The SMILES string of the molecule is CCOC(=O)CCN(C1CC1)S(=O)(=O)CC(C)(C)C(F)F. The van der Waals surface area contributed by atoms with Gasteiger partial charge < -0.3 is 4.74 Å². The molecule has 21 heavy (non-hydrogen) atoms. The van der Waals surface area contributed by atoms with Gasteiger partial charge in [-0.3, -0.25) is 4.79 Å². The number of hydrogen-bond acceptors (Lipinski definition) is 4. The van der Waals surface area contributed by atoms with Crippen LogP contribution in [0.2, 0.25) is 0 Å². The van der Waals surface area contributed by atoms with Crippen LogP contribution in [0, 0.1) is 5.41 Å². The Morgan fingerprint density at radius 3 is 2.38 bits per heavy atom. The van der Waals surface area contributed by atoms with E-state index in [1.54, 1.807) is 6.92 Å². The molecule has 0 unspecified atom stereocenters. The molecule has 1 aliphatic carbocycles. The Bertz CT molecular complexity index is 461. The summed E-state index contributed by atoms with van der Waals surface area (Å²) >= 11 is 0. The summed E-state index contributed by atoms with van der Waals surface area (Å²) in [5.41, 5.74) is -1.62. The van der Waals surface area contributed by atoms with Crippen molar-refractivity contribution in [3.8, 4) is 0 Å². The van der Waals surface area contributed by atoms with Crippen LogP contribution in [0.3, 0.4) is 0 Å². The molecule has 0 saturated heterocycles. The van der Waals surface area contributed by atoms with Gasteiger partial charge >= 0.3 is 5.97 Å². The molecule has 1 aliphatic rings. The minimum absolute atomic E-state index is 0.00878. The number of carbonyl (C=O) groups is 1. The van der Waals surface area contributed by atoms with Gasteiger partial charge in [-0.15, -0.1) is 0 Å². The number of rotatable bonds is 9. The number of halogens is 2. The van der Waals surface area contributed by atoms with Crippen molar-refractivity contribution < 1.29 is 26.7 Å². The average molecular weight is 327 g/mol. The van der Waals surface area contributed by atoms with Crippen molar-refractivity contribution in [3.05, 3.63) is 0 Å². The Morgan fingerprint density at radius 1 is 1.38 bits per heavy atom. The first-order chi connectivity index (χ1) is 9.60. The molecule has 0 heterocycles. The van der Waals surface area contributed by atoms with E-state index < -0.39 is 33.6 Å². The smallest absolute Gasteiger partial charge is 0.307 e. The van der Waals surface area contributed by atoms with Gasteiger partial charge in [-0.1, -0.05) is 13.8 Å². The monoisotopic (exact) mass is 327 g/mol. The molecule has 0 aliphatic heterocycles. The predicted octanol–water partition coefficient (Wildman–Crippen LogP) is 2.03. The molecule has 0 radical (unpaired) electrons. The van der Waals surface area contributed by atoms with Crippen molar-refractivity contribution >= 4 is 16.0 Å². The molecule has 0 bridgehead atoms. The van der Waals surface area contributed by atoms with Crippen molar-refractivity contribution in [2.75, 3.05) is 18.9 Å². The quantitative estimate of drug-likeness (QED) is 0.608. The van der Waals surface area contributed by atoms with Crippen LogP contribution in [0.15, 0.2) is 0 Å². The Balaban J connectivity index is 2.73. The summed E-state index contributed by atoms with van der Waals surface area (Å²) in [6, 6.07) is -0.169. The summed E-state index contributed by atoms with van der Waals surface area (Å²) in [6.45, 7) is 4.34. The maximum Gasteiger partial charge on any atom is 0.307 e. The summed E-state index contributed by atoms with van der Waals surface area (Å²) in [6.07, 6.45) is -1.37. The third-order valence-corrected chi connectivity index (χ3v) is 5.60. The zero-order valence-corrected chi connectivity index (χ0v) is 13.5. The number of ether oxygens (including phenoxy) is 1. The molecule has 0 N–H and O–H groups in total. The Kier molecular flexibility index (Phi) is 6.10. The number of hydrogen-bond donors (Lipinski definition) is 0. The molecule has 0 spiro atoms. The molecule has 1 saturated carbocycles. The summed E-state index contributed by atoms with van der Waals surface area (Å²) in [5.74, 6) is -1.11. The van der Waals surface area contributed by atoms with E-state index in [0.717, 1.165) is 0 Å². The molecule has 5 nitrogen and oxygen atoms in total. The Morgan fingerprint density at radius 2 is 1.95 bits per heavy atom. The fourth-order valence-corrected chi connectivity index (χ4v) is 4.23. The standard InChI is InChI=1S/C13H23F2NO4S/c1-4-20-11(17)7-8-16(10-5-6-10)21(18,19)9-13(2,3)12(14)15/h10,12H,4-9H2,1-3H3. The van der Waals surface area contributed by atoms with Gasteiger partial charge in [-0.05, 0) is 19.8 Å². The highest BCUT2D eigenvalue weighted by Crippen LogP contribution is 2.33. The molecular formula is C13H23F2NO4S. The molecule has 0 amide bonds. The Hall–Kier alpha value is -0.760. The number of sulfonamides is 1. The lowest BCUT2D eigenvalue weighted by Crippen LogP contribution is -2.42. The molecule has 0 aromatic rings. The lowest BCUT2D eigenvalue weighted by atomic mass is 9.98. The highest BCUT2D eigenvalue weighted by Gasteiger charge is 2.42. The van der Waals surface area contributed by atoms with E-state index in [2.05, 4.69) is 0 Å². The van der Waals surface area contributed by atoms with Crippen LogP contribution in [0.1, 0.15) is 40.0 Å². The van der Waals surface area contributed by atoms with E-state index in [1.165, 1.54) is 18.2 Å². The van der Waals surface area contributed by atoms with Crippen molar-refractivity contribution in [2.24, 2.45) is 5.41 Å². The lowest BCUT2D eigenvalue weighted by Gasteiger charge is -2.28. The van der Waals surface area contributed by atoms with Crippen LogP contribution < -0.4 is 0 Å². The lowest BCUT2D eigenvalue weighted by molar-refractivity contribution is -0.143. The normalized spacial score (nSPS) is 16.5. The molecule has 0 aromatic carbocycles. The predicted molar refractivity (Wildman–Crippen MR) is 74.5 cm³/mol. The van der Waals surface area contributed by atoms with E-state index in [1.807, 2.05) is 0 Å². The van der Waals surface area contributed by atoms with Crippen molar-refractivity contribution in [1.82, 2.24) is 4.31 Å². The first-order valence-electron chi connectivity index (χ1n) is 7.03. The van der Waals surface area contributed by atoms with E-state index in [4.69, 9.17) is 4.74 Å². The second kappa shape index (κ2) is 7.00. The topological polar surface area (TPSA) is 63.7 Å². The maximum atomic E-state index is 12.9. The highest BCUT2D eigenvalue weighted by molar-refractivity contribution is 7.89. The summed E-state index contributed by atoms with van der Waals surface area (Å²) in [7, 11) is -3.83. The third kappa shape index (κ3) is 5.50. The molecule has 8 heteroatoms. The molecule has 1 fully saturated rings. The maximum absolute atomic E-state index is 12.9. The third-order valence-electron chi connectivity index (χ3n) is 3.30. The highest BCUT2D eigenvalue weighted by atomic mass is 32.2.